The first kappa shape index (κ1) is 9.05. The highest BCUT2D eigenvalue weighted by molar-refractivity contribution is 9.09. The van der Waals surface area contributed by atoms with Crippen molar-refractivity contribution in [2.75, 3.05) is 0 Å². The number of halogens is 1. The van der Waals surface area contributed by atoms with Crippen LogP contribution in [0.1, 0.15) is 51.4 Å². The van der Waals surface area contributed by atoms with Gasteiger partial charge in [-0.2, -0.15) is 0 Å². The Bertz CT molecular complexity index is 138. The smallest absolute Gasteiger partial charge is 0.0148 e. The Morgan fingerprint density at radius 3 is 2.25 bits per heavy atom. The predicted octanol–water partition coefficient (Wildman–Crippen LogP) is 4.13. The Morgan fingerprint density at radius 1 is 0.917 bits per heavy atom. The van der Waals surface area contributed by atoms with Gasteiger partial charge in [-0.3, -0.25) is 0 Å². The molecular formula is C11H19Br. The molecule has 0 radical (unpaired) electrons. The van der Waals surface area contributed by atoms with E-state index in [9.17, 15) is 0 Å². The molecule has 1 heteroatoms. The van der Waals surface area contributed by atoms with Gasteiger partial charge in [0.15, 0.2) is 0 Å². The first-order chi connectivity index (χ1) is 5.84. The molecule has 2 fully saturated rings. The van der Waals surface area contributed by atoms with Crippen molar-refractivity contribution in [2.24, 2.45) is 11.8 Å². The van der Waals surface area contributed by atoms with Crippen molar-refractivity contribution < 1.29 is 0 Å². The lowest BCUT2D eigenvalue weighted by atomic mass is 9.92. The van der Waals surface area contributed by atoms with E-state index in [0.717, 1.165) is 16.7 Å². The van der Waals surface area contributed by atoms with Gasteiger partial charge < -0.3 is 0 Å². The maximum atomic E-state index is 3.73. The molecule has 0 amide bonds. The van der Waals surface area contributed by atoms with Crippen molar-refractivity contribution in [2.45, 2.75) is 56.2 Å². The first-order valence-corrected chi connectivity index (χ1v) is 6.40. The molecule has 2 atom stereocenters. The average molecular weight is 231 g/mol. The third kappa shape index (κ3) is 2.25. The maximum absolute atomic E-state index is 3.73. The minimum atomic E-state index is 0.851. The third-order valence-corrected chi connectivity index (χ3v) is 4.45. The average Bonchev–Trinajstić information content (AvgIpc) is 2.63. The summed E-state index contributed by atoms with van der Waals surface area (Å²) in [6, 6.07) is 0. The fraction of sp³-hybridized carbons (Fsp3) is 1.00. The Morgan fingerprint density at radius 2 is 1.67 bits per heavy atom. The molecule has 0 aromatic heterocycles. The Kier molecular flexibility index (Phi) is 3.11. The molecule has 0 aliphatic heterocycles. The first-order valence-electron chi connectivity index (χ1n) is 5.48. The normalized spacial score (nSPS) is 37.8. The monoisotopic (exact) mass is 230 g/mol. The van der Waals surface area contributed by atoms with Gasteiger partial charge in [0.25, 0.3) is 0 Å². The molecule has 70 valence electrons. The minimum absolute atomic E-state index is 0.851. The van der Waals surface area contributed by atoms with Crippen LogP contribution in [0.15, 0.2) is 0 Å². The third-order valence-electron chi connectivity index (χ3n) is 3.62. The molecule has 12 heavy (non-hydrogen) atoms. The van der Waals surface area contributed by atoms with Crippen LogP contribution in [0.2, 0.25) is 0 Å². The van der Waals surface area contributed by atoms with E-state index in [-0.39, 0.29) is 0 Å². The highest BCUT2D eigenvalue weighted by Gasteiger charge is 2.26. The maximum Gasteiger partial charge on any atom is 0.0148 e. The van der Waals surface area contributed by atoms with E-state index < -0.39 is 0 Å². The van der Waals surface area contributed by atoms with Crippen molar-refractivity contribution in [3.05, 3.63) is 0 Å². The number of alkyl halides is 1. The summed E-state index contributed by atoms with van der Waals surface area (Å²) in [4.78, 5) is 0.851. The fourth-order valence-corrected chi connectivity index (χ4v) is 3.74. The largest absolute Gasteiger partial charge is 0.0891 e. The molecule has 2 unspecified atom stereocenters. The van der Waals surface area contributed by atoms with Crippen LogP contribution >= 0.6 is 15.9 Å². The lowest BCUT2D eigenvalue weighted by Gasteiger charge is -2.14. The van der Waals surface area contributed by atoms with Gasteiger partial charge >= 0.3 is 0 Å². The van der Waals surface area contributed by atoms with Crippen LogP contribution < -0.4 is 0 Å². The summed E-state index contributed by atoms with van der Waals surface area (Å²) in [6.45, 7) is 0. The van der Waals surface area contributed by atoms with E-state index in [1.807, 2.05) is 0 Å². The molecule has 0 spiro atoms. The second-order valence-corrected chi connectivity index (χ2v) is 5.96. The van der Waals surface area contributed by atoms with E-state index in [1.54, 1.807) is 6.42 Å². The summed E-state index contributed by atoms with van der Waals surface area (Å²) >= 11 is 3.73. The molecule has 2 aliphatic carbocycles. The SMILES string of the molecule is BrC1CCC(CC2CCCC2)C1. The number of rotatable bonds is 2. The van der Waals surface area contributed by atoms with Crippen LogP contribution in [0.25, 0.3) is 0 Å². The quantitative estimate of drug-likeness (QED) is 0.627. The standard InChI is InChI=1S/C11H19Br/c12-11-6-5-10(8-11)7-9-3-1-2-4-9/h9-11H,1-8H2. The van der Waals surface area contributed by atoms with E-state index in [4.69, 9.17) is 0 Å². The molecule has 2 rings (SSSR count). The molecule has 0 aromatic rings. The van der Waals surface area contributed by atoms with E-state index in [1.165, 1.54) is 44.9 Å². The summed E-state index contributed by atoms with van der Waals surface area (Å²) in [5, 5.41) is 0. The topological polar surface area (TPSA) is 0 Å². The zero-order valence-corrected chi connectivity index (χ0v) is 9.35. The molecule has 0 nitrogen and oxygen atoms in total. The van der Waals surface area contributed by atoms with Crippen molar-refractivity contribution in [1.29, 1.82) is 0 Å². The number of hydrogen-bond donors (Lipinski definition) is 0. The zero-order chi connectivity index (χ0) is 8.39. The van der Waals surface area contributed by atoms with E-state index in [0.29, 0.717) is 0 Å². The lowest BCUT2D eigenvalue weighted by Crippen LogP contribution is -2.03. The Hall–Kier alpha value is 0.480. The molecular weight excluding hydrogens is 212 g/mol. The Labute approximate surface area is 84.2 Å². The van der Waals surface area contributed by atoms with E-state index in [2.05, 4.69) is 15.9 Å². The highest BCUT2D eigenvalue weighted by Crippen LogP contribution is 2.38. The minimum Gasteiger partial charge on any atom is -0.0891 e. The van der Waals surface area contributed by atoms with Gasteiger partial charge in [-0.25, -0.2) is 0 Å². The van der Waals surface area contributed by atoms with Crippen LogP contribution in [0, 0.1) is 11.8 Å². The van der Waals surface area contributed by atoms with Gasteiger partial charge in [-0.1, -0.05) is 41.6 Å². The summed E-state index contributed by atoms with van der Waals surface area (Å²) in [5.41, 5.74) is 0. The predicted molar refractivity (Wildman–Crippen MR) is 56.6 cm³/mol. The Balaban J connectivity index is 1.72. The summed E-state index contributed by atoms with van der Waals surface area (Å²) in [5.74, 6) is 2.17. The summed E-state index contributed by atoms with van der Waals surface area (Å²) in [6.07, 6.45) is 12.0. The highest BCUT2D eigenvalue weighted by atomic mass is 79.9. The van der Waals surface area contributed by atoms with Gasteiger partial charge in [0.2, 0.25) is 0 Å². The molecule has 0 bridgehead atoms. The van der Waals surface area contributed by atoms with Crippen LogP contribution in [0.4, 0.5) is 0 Å². The van der Waals surface area contributed by atoms with Crippen LogP contribution in [0.5, 0.6) is 0 Å². The van der Waals surface area contributed by atoms with Gasteiger partial charge in [0, 0.05) is 4.83 Å². The molecule has 2 aliphatic rings. The van der Waals surface area contributed by atoms with Gasteiger partial charge in [0.1, 0.15) is 0 Å². The zero-order valence-electron chi connectivity index (χ0n) is 7.77. The second kappa shape index (κ2) is 4.13. The van der Waals surface area contributed by atoms with Gasteiger partial charge in [-0.05, 0) is 37.5 Å². The van der Waals surface area contributed by atoms with Gasteiger partial charge in [-0.15, -0.1) is 0 Å². The molecule has 0 heterocycles. The van der Waals surface area contributed by atoms with Crippen molar-refractivity contribution in [3.8, 4) is 0 Å². The van der Waals surface area contributed by atoms with E-state index >= 15 is 0 Å². The van der Waals surface area contributed by atoms with Crippen LogP contribution in [-0.4, -0.2) is 4.83 Å². The van der Waals surface area contributed by atoms with Crippen LogP contribution in [0.3, 0.4) is 0 Å². The molecule has 2 saturated carbocycles. The molecule has 0 aromatic carbocycles. The second-order valence-electron chi connectivity index (χ2n) is 4.66. The summed E-state index contributed by atoms with van der Waals surface area (Å²) < 4.78 is 0. The summed E-state index contributed by atoms with van der Waals surface area (Å²) in [7, 11) is 0. The van der Waals surface area contributed by atoms with Crippen molar-refractivity contribution in [1.82, 2.24) is 0 Å². The van der Waals surface area contributed by atoms with Crippen LogP contribution in [-0.2, 0) is 0 Å². The van der Waals surface area contributed by atoms with Crippen molar-refractivity contribution >= 4 is 15.9 Å². The van der Waals surface area contributed by atoms with Gasteiger partial charge in [0.05, 0.1) is 0 Å². The number of hydrogen-bond acceptors (Lipinski definition) is 0. The molecule has 0 N–H and O–H groups in total. The molecule has 0 saturated heterocycles. The fourth-order valence-electron chi connectivity index (χ4n) is 2.95. The van der Waals surface area contributed by atoms with Crippen molar-refractivity contribution in [3.63, 3.8) is 0 Å². The lowest BCUT2D eigenvalue weighted by molar-refractivity contribution is 0.383.